The first-order chi connectivity index (χ1) is 6.74. The zero-order valence-corrected chi connectivity index (χ0v) is 9.33. The Kier molecular flexibility index (Phi) is 2.82. The Morgan fingerprint density at radius 3 is 2.36 bits per heavy atom. The molecule has 0 aromatic carbocycles. The topological polar surface area (TPSA) is 38.5 Å². The van der Waals surface area contributed by atoms with Crippen LogP contribution in [0.5, 0.6) is 0 Å². The number of ether oxygens (including phenoxy) is 1. The molecule has 0 bridgehead atoms. The van der Waals surface area contributed by atoms with Gasteiger partial charge in [-0.15, -0.1) is 0 Å². The largest absolute Gasteiger partial charge is 0.383 e. The fourth-order valence-corrected chi connectivity index (χ4v) is 2.57. The molecule has 0 saturated heterocycles. The van der Waals surface area contributed by atoms with E-state index in [4.69, 9.17) is 10.5 Å². The van der Waals surface area contributed by atoms with Crippen molar-refractivity contribution < 1.29 is 4.74 Å². The maximum Gasteiger partial charge on any atom is 0.0661 e. The van der Waals surface area contributed by atoms with E-state index in [1.807, 2.05) is 0 Å². The summed E-state index contributed by atoms with van der Waals surface area (Å²) in [5.74, 6) is 0.776. The molecule has 0 amide bonds. The van der Waals surface area contributed by atoms with Gasteiger partial charge in [-0.25, -0.2) is 0 Å². The van der Waals surface area contributed by atoms with Crippen LogP contribution in [0.15, 0.2) is 0 Å². The highest BCUT2D eigenvalue weighted by Crippen LogP contribution is 2.45. The van der Waals surface area contributed by atoms with Gasteiger partial charge in [-0.1, -0.05) is 0 Å². The molecular formula is C11H22N2O. The molecule has 14 heavy (non-hydrogen) atoms. The highest BCUT2D eigenvalue weighted by Gasteiger charge is 2.50. The predicted molar refractivity (Wildman–Crippen MR) is 57.2 cm³/mol. The Morgan fingerprint density at radius 1 is 1.36 bits per heavy atom. The summed E-state index contributed by atoms with van der Waals surface area (Å²) in [6.45, 7) is 1.53. The van der Waals surface area contributed by atoms with Crippen LogP contribution in [0, 0.1) is 5.92 Å². The summed E-state index contributed by atoms with van der Waals surface area (Å²) in [6, 6.07) is 0.772. The molecule has 0 radical (unpaired) electrons. The van der Waals surface area contributed by atoms with Crippen molar-refractivity contribution in [1.82, 2.24) is 4.90 Å². The van der Waals surface area contributed by atoms with Crippen molar-refractivity contribution in [3.05, 3.63) is 0 Å². The number of nitrogens with zero attached hydrogens (tertiary/aromatic N) is 1. The van der Waals surface area contributed by atoms with E-state index in [-0.39, 0.29) is 5.54 Å². The molecule has 2 N–H and O–H groups in total. The molecule has 0 aromatic heterocycles. The highest BCUT2D eigenvalue weighted by atomic mass is 16.5. The Morgan fingerprint density at radius 2 is 2.00 bits per heavy atom. The molecule has 2 aliphatic carbocycles. The maximum atomic E-state index is 5.98. The van der Waals surface area contributed by atoms with Crippen LogP contribution in [0.1, 0.15) is 25.7 Å². The molecule has 2 aliphatic rings. The van der Waals surface area contributed by atoms with Gasteiger partial charge in [-0.2, -0.15) is 0 Å². The summed E-state index contributed by atoms with van der Waals surface area (Å²) >= 11 is 0. The van der Waals surface area contributed by atoms with E-state index in [1.54, 1.807) is 7.11 Å². The van der Waals surface area contributed by atoms with E-state index < -0.39 is 0 Å². The van der Waals surface area contributed by atoms with Crippen LogP contribution in [0.4, 0.5) is 0 Å². The summed E-state index contributed by atoms with van der Waals surface area (Å²) in [6.07, 6.45) is 5.35. The summed E-state index contributed by atoms with van der Waals surface area (Å²) in [5.41, 5.74) is 6.11. The first-order valence-electron chi connectivity index (χ1n) is 5.66. The van der Waals surface area contributed by atoms with Crippen LogP contribution >= 0.6 is 0 Å². The average molecular weight is 198 g/mol. The minimum atomic E-state index is 0.135. The number of nitrogens with two attached hydrogens (primary N) is 1. The van der Waals surface area contributed by atoms with Crippen LogP contribution in [0.25, 0.3) is 0 Å². The molecule has 2 rings (SSSR count). The van der Waals surface area contributed by atoms with Crippen LogP contribution in [0.3, 0.4) is 0 Å². The lowest BCUT2D eigenvalue weighted by Gasteiger charge is -2.41. The predicted octanol–water partition coefficient (Wildman–Crippen LogP) is 0.835. The van der Waals surface area contributed by atoms with Crippen molar-refractivity contribution in [2.75, 3.05) is 27.3 Å². The van der Waals surface area contributed by atoms with Gasteiger partial charge in [0, 0.05) is 19.7 Å². The summed E-state index contributed by atoms with van der Waals surface area (Å²) in [5, 5.41) is 0. The minimum Gasteiger partial charge on any atom is -0.383 e. The van der Waals surface area contributed by atoms with Gasteiger partial charge in [0.2, 0.25) is 0 Å². The Hall–Kier alpha value is -0.120. The lowest BCUT2D eigenvalue weighted by molar-refractivity contribution is 0.0102. The second-order valence-corrected chi connectivity index (χ2v) is 4.86. The first kappa shape index (κ1) is 10.4. The van der Waals surface area contributed by atoms with Gasteiger partial charge in [0.25, 0.3) is 0 Å². The third kappa shape index (κ3) is 1.69. The van der Waals surface area contributed by atoms with E-state index in [0.29, 0.717) is 0 Å². The van der Waals surface area contributed by atoms with Crippen molar-refractivity contribution in [2.24, 2.45) is 11.7 Å². The average Bonchev–Trinajstić information content (AvgIpc) is 3.07. The smallest absolute Gasteiger partial charge is 0.0661 e. The number of rotatable bonds is 6. The van der Waals surface area contributed by atoms with Gasteiger partial charge < -0.3 is 10.5 Å². The van der Waals surface area contributed by atoms with Gasteiger partial charge in [-0.3, -0.25) is 4.90 Å². The highest BCUT2D eigenvalue weighted by molar-refractivity contribution is 5.06. The second-order valence-electron chi connectivity index (χ2n) is 4.86. The molecular weight excluding hydrogens is 176 g/mol. The fraction of sp³-hybridized carbons (Fsp3) is 1.00. The normalized spacial score (nSPS) is 26.6. The zero-order valence-electron chi connectivity index (χ0n) is 9.33. The lowest BCUT2D eigenvalue weighted by Crippen LogP contribution is -2.57. The van der Waals surface area contributed by atoms with Crippen LogP contribution in [-0.4, -0.2) is 43.8 Å². The lowest BCUT2D eigenvalue weighted by atomic mass is 9.92. The number of hydrogen-bond acceptors (Lipinski definition) is 3. The van der Waals surface area contributed by atoms with Gasteiger partial charge in [0.15, 0.2) is 0 Å². The van der Waals surface area contributed by atoms with E-state index in [2.05, 4.69) is 11.9 Å². The molecule has 0 heterocycles. The second kappa shape index (κ2) is 3.80. The molecule has 2 saturated carbocycles. The quantitative estimate of drug-likeness (QED) is 0.687. The molecule has 0 spiro atoms. The molecule has 3 heteroatoms. The monoisotopic (exact) mass is 198 g/mol. The Labute approximate surface area is 86.6 Å². The Balaban J connectivity index is 2.08. The molecule has 3 nitrogen and oxygen atoms in total. The summed E-state index contributed by atoms with van der Waals surface area (Å²) in [7, 11) is 4.01. The minimum absolute atomic E-state index is 0.135. The molecule has 1 unspecified atom stereocenters. The van der Waals surface area contributed by atoms with Gasteiger partial charge >= 0.3 is 0 Å². The van der Waals surface area contributed by atoms with Gasteiger partial charge in [-0.05, 0) is 38.6 Å². The van der Waals surface area contributed by atoms with Crippen molar-refractivity contribution in [3.63, 3.8) is 0 Å². The molecule has 0 aromatic rings. The maximum absolute atomic E-state index is 5.98. The van der Waals surface area contributed by atoms with Crippen LogP contribution in [-0.2, 0) is 4.74 Å². The van der Waals surface area contributed by atoms with Crippen molar-refractivity contribution in [2.45, 2.75) is 37.3 Å². The van der Waals surface area contributed by atoms with E-state index in [9.17, 15) is 0 Å². The van der Waals surface area contributed by atoms with E-state index in [1.165, 1.54) is 25.7 Å². The van der Waals surface area contributed by atoms with E-state index >= 15 is 0 Å². The number of likely N-dealkylation sites (N-methyl/N-ethyl adjacent to an activating group) is 1. The van der Waals surface area contributed by atoms with Gasteiger partial charge in [0.1, 0.15) is 0 Å². The summed E-state index contributed by atoms with van der Waals surface area (Å²) in [4.78, 5) is 2.49. The van der Waals surface area contributed by atoms with Crippen molar-refractivity contribution in [3.8, 4) is 0 Å². The number of hydrogen-bond donors (Lipinski definition) is 1. The number of methoxy groups -OCH3 is 1. The van der Waals surface area contributed by atoms with E-state index in [0.717, 1.165) is 25.1 Å². The molecule has 82 valence electrons. The van der Waals surface area contributed by atoms with Crippen LogP contribution < -0.4 is 5.73 Å². The Bertz CT molecular complexity index is 201. The summed E-state index contributed by atoms with van der Waals surface area (Å²) < 4.78 is 5.38. The van der Waals surface area contributed by atoms with Gasteiger partial charge in [0.05, 0.1) is 12.1 Å². The third-order valence-electron chi connectivity index (χ3n) is 3.88. The zero-order chi connectivity index (χ0) is 10.2. The molecule has 1 atom stereocenters. The molecule has 2 fully saturated rings. The fourth-order valence-electron chi connectivity index (χ4n) is 2.57. The first-order valence-corrected chi connectivity index (χ1v) is 5.66. The third-order valence-corrected chi connectivity index (χ3v) is 3.88. The standard InChI is InChI=1S/C11H22N2O/c1-13(10-5-6-10)11(7-12,8-14-2)9-3-4-9/h9-10H,3-8,12H2,1-2H3. The van der Waals surface area contributed by atoms with Crippen molar-refractivity contribution in [1.29, 1.82) is 0 Å². The van der Waals surface area contributed by atoms with Crippen LogP contribution in [0.2, 0.25) is 0 Å². The molecule has 0 aliphatic heterocycles. The SMILES string of the molecule is COCC(CN)(C1CC1)N(C)C1CC1. The van der Waals surface area contributed by atoms with Crippen molar-refractivity contribution >= 4 is 0 Å².